The monoisotopic (exact) mass is 237 g/mol. The molecule has 0 aliphatic heterocycles. The van der Waals surface area contributed by atoms with E-state index in [4.69, 9.17) is 12.2 Å². The van der Waals surface area contributed by atoms with Gasteiger partial charge in [0.25, 0.3) is 0 Å². The highest BCUT2D eigenvalue weighted by molar-refractivity contribution is 7.71. The molecule has 2 aromatic rings. The number of aryl methyl sites for hydroxylation is 1. The fourth-order valence-corrected chi connectivity index (χ4v) is 1.76. The van der Waals surface area contributed by atoms with Gasteiger partial charge in [-0.1, -0.05) is 29.8 Å². The van der Waals surface area contributed by atoms with E-state index in [1.807, 2.05) is 31.2 Å². The van der Waals surface area contributed by atoms with Crippen molar-refractivity contribution in [1.82, 2.24) is 14.8 Å². The Hall–Kier alpha value is -1.49. The highest BCUT2D eigenvalue weighted by Gasteiger charge is 2.07. The predicted molar refractivity (Wildman–Crippen MR) is 63.6 cm³/mol. The molecule has 0 fully saturated rings. The second kappa shape index (κ2) is 4.57. The lowest BCUT2D eigenvalue weighted by Crippen LogP contribution is -2.02. The van der Waals surface area contributed by atoms with Gasteiger partial charge in [-0.2, -0.15) is 5.10 Å². The van der Waals surface area contributed by atoms with Gasteiger partial charge in [-0.05, 0) is 19.1 Å². The molecule has 1 heterocycles. The van der Waals surface area contributed by atoms with Crippen LogP contribution in [-0.2, 0) is 6.54 Å². The number of aromatic amines is 1. The Morgan fingerprint density at radius 3 is 2.69 bits per heavy atom. The largest absolute Gasteiger partial charge is 0.298 e. The van der Waals surface area contributed by atoms with E-state index in [1.165, 1.54) is 5.56 Å². The standard InChI is InChI=1S/C11H12FN3S/c1-8-2-4-9(5-3-8)10-13-14-11(16)15(10)7-6-12/h2-5H,6-7H2,1H3,(H,14,16). The minimum Gasteiger partial charge on any atom is -0.298 e. The normalized spacial score (nSPS) is 10.6. The molecule has 0 bridgehead atoms. The maximum absolute atomic E-state index is 12.4. The minimum absolute atomic E-state index is 0.235. The molecule has 0 radical (unpaired) electrons. The third kappa shape index (κ3) is 2.04. The molecule has 0 saturated heterocycles. The first kappa shape index (κ1) is 11.0. The van der Waals surface area contributed by atoms with Crippen LogP contribution in [-0.4, -0.2) is 21.4 Å². The second-order valence-electron chi connectivity index (χ2n) is 3.56. The van der Waals surface area contributed by atoms with Crippen molar-refractivity contribution < 1.29 is 4.39 Å². The van der Waals surface area contributed by atoms with Gasteiger partial charge in [0.05, 0.1) is 6.54 Å². The number of alkyl halides is 1. The Bertz CT molecular complexity index is 527. The van der Waals surface area contributed by atoms with E-state index in [1.54, 1.807) is 4.57 Å². The SMILES string of the molecule is Cc1ccc(-c2n[nH]c(=S)n2CCF)cc1. The maximum Gasteiger partial charge on any atom is 0.195 e. The second-order valence-corrected chi connectivity index (χ2v) is 3.95. The molecule has 16 heavy (non-hydrogen) atoms. The van der Waals surface area contributed by atoms with Crippen molar-refractivity contribution in [2.45, 2.75) is 13.5 Å². The van der Waals surface area contributed by atoms with Crippen molar-refractivity contribution in [2.75, 3.05) is 6.67 Å². The van der Waals surface area contributed by atoms with Crippen molar-refractivity contribution in [3.63, 3.8) is 0 Å². The zero-order valence-corrected chi connectivity index (χ0v) is 9.72. The fourth-order valence-electron chi connectivity index (χ4n) is 1.53. The number of rotatable bonds is 3. The molecule has 3 nitrogen and oxygen atoms in total. The third-order valence-corrected chi connectivity index (χ3v) is 2.69. The average molecular weight is 237 g/mol. The summed E-state index contributed by atoms with van der Waals surface area (Å²) in [5.74, 6) is 0.683. The first-order chi connectivity index (χ1) is 7.72. The number of benzene rings is 1. The van der Waals surface area contributed by atoms with Crippen molar-refractivity contribution in [3.8, 4) is 11.4 Å². The summed E-state index contributed by atoms with van der Waals surface area (Å²) >= 11 is 5.04. The molecule has 5 heteroatoms. The van der Waals surface area contributed by atoms with Crippen molar-refractivity contribution >= 4 is 12.2 Å². The van der Waals surface area contributed by atoms with Crippen LogP contribution in [0.1, 0.15) is 5.56 Å². The molecule has 1 N–H and O–H groups in total. The summed E-state index contributed by atoms with van der Waals surface area (Å²) in [6.45, 7) is 1.80. The number of H-pyrrole nitrogens is 1. The van der Waals surface area contributed by atoms with Crippen LogP contribution in [0, 0.1) is 11.7 Å². The summed E-state index contributed by atoms with van der Waals surface area (Å²) in [7, 11) is 0. The minimum atomic E-state index is -0.452. The summed E-state index contributed by atoms with van der Waals surface area (Å²) in [5, 5.41) is 6.80. The number of halogens is 1. The lowest BCUT2D eigenvalue weighted by molar-refractivity contribution is 0.445. The smallest absolute Gasteiger partial charge is 0.195 e. The van der Waals surface area contributed by atoms with Gasteiger partial charge in [0.1, 0.15) is 6.67 Å². The first-order valence-corrected chi connectivity index (χ1v) is 5.41. The average Bonchev–Trinajstić information content (AvgIpc) is 2.63. The van der Waals surface area contributed by atoms with Crippen molar-refractivity contribution in [2.24, 2.45) is 0 Å². The molecule has 0 spiro atoms. The Kier molecular flexibility index (Phi) is 3.14. The van der Waals surface area contributed by atoms with Gasteiger partial charge < -0.3 is 0 Å². The van der Waals surface area contributed by atoms with E-state index in [0.29, 0.717) is 10.6 Å². The topological polar surface area (TPSA) is 33.6 Å². The summed E-state index contributed by atoms with van der Waals surface area (Å²) < 4.78 is 14.5. The first-order valence-electron chi connectivity index (χ1n) is 5.00. The van der Waals surface area contributed by atoms with Crippen LogP contribution in [0.25, 0.3) is 11.4 Å². The maximum atomic E-state index is 12.4. The van der Waals surface area contributed by atoms with Crippen LogP contribution >= 0.6 is 12.2 Å². The highest BCUT2D eigenvalue weighted by Crippen LogP contribution is 2.17. The molecule has 0 saturated carbocycles. The van der Waals surface area contributed by atoms with Gasteiger partial charge in [0.15, 0.2) is 10.6 Å². The number of hydrogen-bond donors (Lipinski definition) is 1. The Labute approximate surface area is 97.9 Å². The zero-order chi connectivity index (χ0) is 11.5. The van der Waals surface area contributed by atoms with Crippen molar-refractivity contribution in [1.29, 1.82) is 0 Å². The van der Waals surface area contributed by atoms with Crippen LogP contribution in [0.5, 0.6) is 0 Å². The predicted octanol–water partition coefficient (Wildman–Crippen LogP) is 2.89. The molecule has 0 unspecified atom stereocenters. The van der Waals surface area contributed by atoms with Gasteiger partial charge in [0.2, 0.25) is 0 Å². The van der Waals surface area contributed by atoms with Crippen LogP contribution in [0.15, 0.2) is 24.3 Å². The molecule has 0 amide bonds. The highest BCUT2D eigenvalue weighted by atomic mass is 32.1. The molecule has 1 aromatic carbocycles. The molecule has 0 atom stereocenters. The summed E-state index contributed by atoms with van der Waals surface area (Å²) in [4.78, 5) is 0. The van der Waals surface area contributed by atoms with E-state index in [0.717, 1.165) is 5.56 Å². The quantitative estimate of drug-likeness (QED) is 0.833. The van der Waals surface area contributed by atoms with Gasteiger partial charge in [-0.25, -0.2) is 4.39 Å². The summed E-state index contributed by atoms with van der Waals surface area (Å²) in [6.07, 6.45) is 0. The number of nitrogens with zero attached hydrogens (tertiary/aromatic N) is 2. The third-order valence-electron chi connectivity index (χ3n) is 2.38. The summed E-state index contributed by atoms with van der Waals surface area (Å²) in [6, 6.07) is 7.89. The van der Waals surface area contributed by atoms with Crippen molar-refractivity contribution in [3.05, 3.63) is 34.6 Å². The lowest BCUT2D eigenvalue weighted by Gasteiger charge is -2.04. The molecular weight excluding hydrogens is 225 g/mol. The number of hydrogen-bond acceptors (Lipinski definition) is 2. The van der Waals surface area contributed by atoms with Gasteiger partial charge in [-0.15, -0.1) is 0 Å². The van der Waals surface area contributed by atoms with E-state index >= 15 is 0 Å². The molecule has 1 aromatic heterocycles. The summed E-state index contributed by atoms with van der Waals surface area (Å²) in [5.41, 5.74) is 2.11. The van der Waals surface area contributed by atoms with Crippen LogP contribution in [0.4, 0.5) is 4.39 Å². The fraction of sp³-hybridized carbons (Fsp3) is 0.273. The Morgan fingerprint density at radius 1 is 1.38 bits per heavy atom. The number of aromatic nitrogens is 3. The zero-order valence-electron chi connectivity index (χ0n) is 8.90. The van der Waals surface area contributed by atoms with E-state index in [2.05, 4.69) is 10.2 Å². The van der Waals surface area contributed by atoms with Crippen LogP contribution in [0.2, 0.25) is 0 Å². The molecule has 0 aliphatic rings. The lowest BCUT2D eigenvalue weighted by atomic mass is 10.1. The van der Waals surface area contributed by atoms with Gasteiger partial charge in [0, 0.05) is 5.56 Å². The van der Waals surface area contributed by atoms with Crippen LogP contribution in [0.3, 0.4) is 0 Å². The molecule has 2 rings (SSSR count). The van der Waals surface area contributed by atoms with Crippen LogP contribution < -0.4 is 0 Å². The van der Waals surface area contributed by atoms with E-state index in [-0.39, 0.29) is 6.54 Å². The molecular formula is C11H12FN3S. The Morgan fingerprint density at radius 2 is 2.06 bits per heavy atom. The van der Waals surface area contributed by atoms with E-state index in [9.17, 15) is 4.39 Å². The number of nitrogens with one attached hydrogen (secondary N) is 1. The van der Waals surface area contributed by atoms with Gasteiger partial charge in [-0.3, -0.25) is 9.67 Å². The Balaban J connectivity index is 2.47. The van der Waals surface area contributed by atoms with E-state index < -0.39 is 6.67 Å². The molecule has 0 aliphatic carbocycles. The molecule has 84 valence electrons. The van der Waals surface area contributed by atoms with Gasteiger partial charge >= 0.3 is 0 Å².